The monoisotopic (exact) mass is 362 g/mol. The number of rotatable bonds is 4. The molecule has 0 aliphatic heterocycles. The second kappa shape index (κ2) is 5.83. The van der Waals surface area contributed by atoms with E-state index >= 15 is 0 Å². The van der Waals surface area contributed by atoms with Crippen LogP contribution < -0.4 is 5.32 Å². The minimum atomic E-state index is -0.356. The first kappa shape index (κ1) is 14.0. The zero-order chi connectivity index (χ0) is 14.8. The summed E-state index contributed by atoms with van der Waals surface area (Å²) in [5.41, 5.74) is 1.73. The lowest BCUT2D eigenvalue weighted by Crippen LogP contribution is -2.03. The summed E-state index contributed by atoms with van der Waals surface area (Å²) in [6.07, 6.45) is 0. The van der Waals surface area contributed by atoms with E-state index in [0.29, 0.717) is 12.1 Å². The first-order valence-corrected chi connectivity index (χ1v) is 7.95. The van der Waals surface area contributed by atoms with E-state index in [0.717, 1.165) is 10.2 Å². The van der Waals surface area contributed by atoms with Gasteiger partial charge in [-0.05, 0) is 47.2 Å². The number of nitro benzene ring substituents is 1. The maximum absolute atomic E-state index is 11.0. The van der Waals surface area contributed by atoms with Crippen LogP contribution in [-0.4, -0.2) is 4.92 Å². The van der Waals surface area contributed by atoms with Crippen molar-refractivity contribution in [2.45, 2.75) is 6.54 Å². The van der Waals surface area contributed by atoms with E-state index in [9.17, 15) is 10.1 Å². The first-order chi connectivity index (χ1) is 10.1. The van der Waals surface area contributed by atoms with Crippen molar-refractivity contribution in [2.75, 3.05) is 5.32 Å². The average Bonchev–Trinajstić information content (AvgIpc) is 2.92. The Hall–Kier alpha value is -1.92. The van der Waals surface area contributed by atoms with Crippen LogP contribution in [0.5, 0.6) is 0 Å². The van der Waals surface area contributed by atoms with Gasteiger partial charge in [-0.25, -0.2) is 0 Å². The van der Waals surface area contributed by atoms with E-state index in [1.54, 1.807) is 23.5 Å². The van der Waals surface area contributed by atoms with Crippen molar-refractivity contribution < 1.29 is 4.92 Å². The van der Waals surface area contributed by atoms with Crippen molar-refractivity contribution in [1.29, 1.82) is 0 Å². The van der Waals surface area contributed by atoms with Crippen molar-refractivity contribution >= 4 is 48.7 Å². The molecule has 0 spiro atoms. The molecule has 1 aromatic heterocycles. The fourth-order valence-electron chi connectivity index (χ4n) is 2.15. The van der Waals surface area contributed by atoms with Gasteiger partial charge in [0.05, 0.1) is 4.92 Å². The molecule has 0 saturated heterocycles. The molecule has 2 aromatic carbocycles. The van der Waals surface area contributed by atoms with Gasteiger partial charge in [0.15, 0.2) is 0 Å². The van der Waals surface area contributed by atoms with Gasteiger partial charge < -0.3 is 5.32 Å². The summed E-state index contributed by atoms with van der Waals surface area (Å²) < 4.78 is 2.06. The number of thiophene rings is 1. The first-order valence-electron chi connectivity index (χ1n) is 6.27. The highest BCUT2D eigenvalue weighted by molar-refractivity contribution is 9.10. The average molecular weight is 363 g/mol. The summed E-state index contributed by atoms with van der Waals surface area (Å²) in [5.74, 6) is 0. The number of halogens is 1. The number of nitrogens with one attached hydrogen (secondary N) is 1. The number of nitrogens with zero attached hydrogens (tertiary/aromatic N) is 1. The molecular weight excluding hydrogens is 352 g/mol. The highest BCUT2D eigenvalue weighted by Gasteiger charge is 2.13. The zero-order valence-electron chi connectivity index (χ0n) is 10.9. The lowest BCUT2D eigenvalue weighted by Gasteiger charge is -2.08. The second-order valence-electron chi connectivity index (χ2n) is 4.56. The number of anilines is 1. The van der Waals surface area contributed by atoms with E-state index < -0.39 is 0 Å². The van der Waals surface area contributed by atoms with Crippen molar-refractivity contribution in [3.63, 3.8) is 0 Å². The smallest absolute Gasteiger partial charge is 0.274 e. The van der Waals surface area contributed by atoms with Gasteiger partial charge in [0, 0.05) is 33.0 Å². The summed E-state index contributed by atoms with van der Waals surface area (Å²) in [5, 5.41) is 17.5. The van der Waals surface area contributed by atoms with Crippen LogP contribution in [0.1, 0.15) is 5.56 Å². The van der Waals surface area contributed by atoms with Gasteiger partial charge in [0.25, 0.3) is 5.69 Å². The molecule has 106 valence electrons. The Labute approximate surface area is 133 Å². The van der Waals surface area contributed by atoms with Crippen molar-refractivity contribution in [2.24, 2.45) is 0 Å². The van der Waals surface area contributed by atoms with Gasteiger partial charge in [0.2, 0.25) is 0 Å². The van der Waals surface area contributed by atoms with Crippen molar-refractivity contribution in [3.8, 4) is 0 Å². The number of nitro groups is 1. The van der Waals surface area contributed by atoms with E-state index in [1.165, 1.54) is 16.2 Å². The molecule has 4 nitrogen and oxygen atoms in total. The fraction of sp³-hybridized carbons (Fsp3) is 0.0667. The molecule has 0 unspecified atom stereocenters. The molecule has 6 heteroatoms. The molecule has 3 aromatic rings. The number of hydrogen-bond donors (Lipinski definition) is 1. The maximum atomic E-state index is 11.0. The van der Waals surface area contributed by atoms with E-state index in [-0.39, 0.29) is 10.6 Å². The third-order valence-corrected chi connectivity index (χ3v) is 4.56. The summed E-state index contributed by atoms with van der Waals surface area (Å²) in [6, 6.07) is 13.1. The molecule has 0 radical (unpaired) electrons. The highest BCUT2D eigenvalue weighted by Crippen LogP contribution is 2.26. The molecule has 1 N–H and O–H groups in total. The maximum Gasteiger partial charge on any atom is 0.274 e. The van der Waals surface area contributed by atoms with Crippen molar-refractivity contribution in [1.82, 2.24) is 0 Å². The Kier molecular flexibility index (Phi) is 3.90. The fourth-order valence-corrected chi connectivity index (χ4v) is 3.33. The van der Waals surface area contributed by atoms with Crippen LogP contribution in [0.2, 0.25) is 0 Å². The molecular formula is C15H11BrN2O2S. The largest absolute Gasteiger partial charge is 0.381 e. The normalized spacial score (nSPS) is 10.7. The quantitative estimate of drug-likeness (QED) is 0.513. The highest BCUT2D eigenvalue weighted by atomic mass is 79.9. The predicted octanol–water partition coefficient (Wildman–Crippen LogP) is 5.18. The zero-order valence-corrected chi connectivity index (χ0v) is 13.3. The van der Waals surface area contributed by atoms with Gasteiger partial charge in [0.1, 0.15) is 0 Å². The molecule has 21 heavy (non-hydrogen) atoms. The topological polar surface area (TPSA) is 55.2 Å². The third kappa shape index (κ3) is 3.06. The molecule has 1 heterocycles. The van der Waals surface area contributed by atoms with Crippen LogP contribution in [0.3, 0.4) is 0 Å². The Morgan fingerprint density at radius 2 is 2.05 bits per heavy atom. The Morgan fingerprint density at radius 1 is 1.19 bits per heavy atom. The predicted molar refractivity (Wildman–Crippen MR) is 89.9 cm³/mol. The summed E-state index contributed by atoms with van der Waals surface area (Å²) >= 11 is 5.05. The summed E-state index contributed by atoms with van der Waals surface area (Å²) in [4.78, 5) is 10.7. The van der Waals surface area contributed by atoms with Crippen LogP contribution in [-0.2, 0) is 6.54 Å². The molecule has 0 amide bonds. The van der Waals surface area contributed by atoms with Gasteiger partial charge in [-0.2, -0.15) is 0 Å². The summed E-state index contributed by atoms with van der Waals surface area (Å²) in [6.45, 7) is 0.408. The molecule has 0 fully saturated rings. The Balaban J connectivity index is 1.83. The van der Waals surface area contributed by atoms with Crippen LogP contribution >= 0.6 is 27.3 Å². The standard InChI is InChI=1S/C15H11BrN2O2S/c16-12-1-3-14(18(19)20)11(7-12)9-17-13-2-4-15-10(8-13)5-6-21-15/h1-8,17H,9H2. The lowest BCUT2D eigenvalue weighted by atomic mass is 10.1. The SMILES string of the molecule is O=[N+]([O-])c1ccc(Br)cc1CNc1ccc2sccc2c1. The lowest BCUT2D eigenvalue weighted by molar-refractivity contribution is -0.385. The minimum absolute atomic E-state index is 0.127. The van der Waals surface area contributed by atoms with E-state index in [4.69, 9.17) is 0 Å². The van der Waals surface area contributed by atoms with E-state index in [2.05, 4.69) is 39.4 Å². The number of benzene rings is 2. The van der Waals surface area contributed by atoms with Crippen LogP contribution in [0.4, 0.5) is 11.4 Å². The van der Waals surface area contributed by atoms with Gasteiger partial charge in [-0.1, -0.05) is 15.9 Å². The molecule has 0 saturated carbocycles. The van der Waals surface area contributed by atoms with Gasteiger partial charge in [-0.15, -0.1) is 11.3 Å². The van der Waals surface area contributed by atoms with Crippen LogP contribution in [0, 0.1) is 10.1 Å². The van der Waals surface area contributed by atoms with Crippen LogP contribution in [0.25, 0.3) is 10.1 Å². The second-order valence-corrected chi connectivity index (χ2v) is 6.42. The Bertz CT molecular complexity index is 816. The van der Waals surface area contributed by atoms with E-state index in [1.807, 2.05) is 11.4 Å². The molecule has 0 atom stereocenters. The third-order valence-electron chi connectivity index (χ3n) is 3.17. The number of hydrogen-bond acceptors (Lipinski definition) is 4. The van der Waals surface area contributed by atoms with Crippen LogP contribution in [0.15, 0.2) is 52.3 Å². The van der Waals surface area contributed by atoms with Gasteiger partial charge >= 0.3 is 0 Å². The van der Waals surface area contributed by atoms with Gasteiger partial charge in [-0.3, -0.25) is 10.1 Å². The number of fused-ring (bicyclic) bond motifs is 1. The molecule has 0 aliphatic carbocycles. The Morgan fingerprint density at radius 3 is 2.86 bits per heavy atom. The molecule has 0 aliphatic rings. The summed E-state index contributed by atoms with van der Waals surface area (Å²) in [7, 11) is 0. The molecule has 0 bridgehead atoms. The van der Waals surface area contributed by atoms with Crippen molar-refractivity contribution in [3.05, 3.63) is 68.0 Å². The minimum Gasteiger partial charge on any atom is -0.381 e. The molecule has 3 rings (SSSR count).